The molecule has 0 aliphatic carbocycles. The van der Waals surface area contributed by atoms with Crippen molar-refractivity contribution < 1.29 is 4.52 Å². The molecule has 8 heteroatoms. The van der Waals surface area contributed by atoms with Gasteiger partial charge in [0.15, 0.2) is 5.82 Å². The third-order valence-electron chi connectivity index (χ3n) is 2.03. The van der Waals surface area contributed by atoms with E-state index in [-0.39, 0.29) is 12.4 Å². The van der Waals surface area contributed by atoms with Gasteiger partial charge in [0.2, 0.25) is 6.39 Å². The minimum Gasteiger partial charge on any atom is -0.385 e. The van der Waals surface area contributed by atoms with Crippen molar-refractivity contribution in [1.29, 1.82) is 0 Å². The molecule has 8 nitrogen and oxygen atoms in total. The summed E-state index contributed by atoms with van der Waals surface area (Å²) in [4.78, 5) is 28.2. The van der Waals surface area contributed by atoms with E-state index < -0.39 is 11.2 Å². The Labute approximate surface area is 88.7 Å². The zero-order chi connectivity index (χ0) is 11.5. The fourth-order valence-corrected chi connectivity index (χ4v) is 1.28. The van der Waals surface area contributed by atoms with E-state index in [4.69, 9.17) is 5.73 Å². The van der Waals surface area contributed by atoms with Crippen LogP contribution in [-0.2, 0) is 13.0 Å². The summed E-state index contributed by atoms with van der Waals surface area (Å²) in [6.45, 7) is 0.279. The van der Waals surface area contributed by atoms with Crippen LogP contribution in [0.25, 0.3) is 0 Å². The van der Waals surface area contributed by atoms with E-state index in [2.05, 4.69) is 19.6 Å². The number of aryl methyl sites for hydroxylation is 1. The number of nitrogens with one attached hydrogen (secondary N) is 1. The van der Waals surface area contributed by atoms with Gasteiger partial charge in [-0.25, -0.2) is 4.79 Å². The van der Waals surface area contributed by atoms with Gasteiger partial charge in [0.25, 0.3) is 5.56 Å². The van der Waals surface area contributed by atoms with Gasteiger partial charge in [0.1, 0.15) is 5.82 Å². The van der Waals surface area contributed by atoms with Crippen LogP contribution in [-0.4, -0.2) is 19.7 Å². The highest BCUT2D eigenvalue weighted by Crippen LogP contribution is 1.97. The predicted molar refractivity (Wildman–Crippen MR) is 53.7 cm³/mol. The first-order chi connectivity index (χ1) is 7.66. The number of nitrogens with two attached hydrogens (primary N) is 1. The van der Waals surface area contributed by atoms with Gasteiger partial charge in [-0.1, -0.05) is 5.16 Å². The quantitative estimate of drug-likeness (QED) is 0.670. The molecule has 0 saturated heterocycles. The molecule has 0 radical (unpaired) electrons. The third kappa shape index (κ3) is 2.00. The van der Waals surface area contributed by atoms with Crippen molar-refractivity contribution in [2.45, 2.75) is 13.0 Å². The largest absolute Gasteiger partial charge is 0.385 e. The maximum absolute atomic E-state index is 11.4. The van der Waals surface area contributed by atoms with E-state index in [1.54, 1.807) is 0 Å². The normalized spacial score (nSPS) is 10.5. The Hall–Kier alpha value is -2.38. The highest BCUT2D eigenvalue weighted by Gasteiger charge is 2.05. The zero-order valence-corrected chi connectivity index (χ0v) is 8.21. The molecule has 84 valence electrons. The number of rotatable bonds is 3. The minimum atomic E-state index is -0.548. The minimum absolute atomic E-state index is 0.109. The summed E-state index contributed by atoms with van der Waals surface area (Å²) in [7, 11) is 0. The van der Waals surface area contributed by atoms with Crippen molar-refractivity contribution in [3.63, 3.8) is 0 Å². The molecule has 0 atom stereocenters. The average Bonchev–Trinajstić information content (AvgIpc) is 2.68. The van der Waals surface area contributed by atoms with Crippen LogP contribution in [0, 0.1) is 0 Å². The topological polar surface area (TPSA) is 120 Å². The Morgan fingerprint density at radius 3 is 2.94 bits per heavy atom. The smallest absolute Gasteiger partial charge is 0.329 e. The molecular formula is C8H9N5O3. The molecule has 2 rings (SSSR count). The van der Waals surface area contributed by atoms with E-state index in [0.717, 1.165) is 6.07 Å². The first-order valence-electron chi connectivity index (χ1n) is 4.51. The van der Waals surface area contributed by atoms with E-state index in [0.29, 0.717) is 12.2 Å². The highest BCUT2D eigenvalue weighted by atomic mass is 16.5. The monoisotopic (exact) mass is 223 g/mol. The lowest BCUT2D eigenvalue weighted by Crippen LogP contribution is -2.31. The summed E-state index contributed by atoms with van der Waals surface area (Å²) in [5.74, 6) is 0.578. The lowest BCUT2D eigenvalue weighted by Gasteiger charge is -2.05. The second-order valence-corrected chi connectivity index (χ2v) is 3.11. The molecule has 0 aromatic carbocycles. The van der Waals surface area contributed by atoms with Crippen molar-refractivity contribution in [2.24, 2.45) is 0 Å². The molecule has 0 fully saturated rings. The van der Waals surface area contributed by atoms with Crippen LogP contribution in [0.4, 0.5) is 5.82 Å². The van der Waals surface area contributed by atoms with E-state index in [1.165, 1.54) is 11.0 Å². The number of H-pyrrole nitrogens is 1. The Balaban J connectivity index is 2.22. The van der Waals surface area contributed by atoms with Gasteiger partial charge in [-0.15, -0.1) is 0 Å². The first kappa shape index (κ1) is 10.1. The number of anilines is 1. The molecule has 0 amide bonds. The maximum atomic E-state index is 11.4. The number of nitrogens with zero attached hydrogens (tertiary/aromatic N) is 3. The standard InChI is InChI=1S/C8H9N5O3/c9-5-3-7(14)11-8(15)13(5)2-1-6-10-4-16-12-6/h3-4H,1-2,9H2,(H,11,14,15). The van der Waals surface area contributed by atoms with E-state index >= 15 is 0 Å². The molecule has 0 spiro atoms. The molecule has 0 unspecified atom stereocenters. The average molecular weight is 223 g/mol. The molecule has 0 aliphatic heterocycles. The van der Waals surface area contributed by atoms with Crippen LogP contribution in [0.15, 0.2) is 26.6 Å². The van der Waals surface area contributed by atoms with Gasteiger partial charge in [0.05, 0.1) is 0 Å². The lowest BCUT2D eigenvalue weighted by atomic mass is 10.4. The molecule has 2 aromatic heterocycles. The van der Waals surface area contributed by atoms with Gasteiger partial charge in [-0.2, -0.15) is 4.98 Å². The molecule has 2 heterocycles. The molecule has 0 bridgehead atoms. The Kier molecular flexibility index (Phi) is 2.54. The van der Waals surface area contributed by atoms with E-state index in [9.17, 15) is 9.59 Å². The zero-order valence-electron chi connectivity index (χ0n) is 8.21. The van der Waals surface area contributed by atoms with Crippen molar-refractivity contribution in [3.8, 4) is 0 Å². The molecule has 0 aliphatic rings. The Morgan fingerprint density at radius 1 is 1.50 bits per heavy atom. The van der Waals surface area contributed by atoms with Crippen LogP contribution < -0.4 is 17.0 Å². The van der Waals surface area contributed by atoms with Gasteiger partial charge in [-0.3, -0.25) is 14.3 Å². The summed E-state index contributed by atoms with van der Waals surface area (Å²) in [6, 6.07) is 1.15. The second-order valence-electron chi connectivity index (χ2n) is 3.11. The predicted octanol–water partition coefficient (Wildman–Crippen LogP) is -1.26. The van der Waals surface area contributed by atoms with Crippen molar-refractivity contribution in [1.82, 2.24) is 19.7 Å². The van der Waals surface area contributed by atoms with Crippen LogP contribution in [0.2, 0.25) is 0 Å². The van der Waals surface area contributed by atoms with Crippen molar-refractivity contribution >= 4 is 5.82 Å². The van der Waals surface area contributed by atoms with Gasteiger partial charge in [0, 0.05) is 19.0 Å². The van der Waals surface area contributed by atoms with Crippen LogP contribution in [0.1, 0.15) is 5.82 Å². The Morgan fingerprint density at radius 2 is 2.31 bits per heavy atom. The SMILES string of the molecule is Nc1cc(=O)[nH]c(=O)n1CCc1ncon1. The van der Waals surface area contributed by atoms with Crippen LogP contribution in [0.3, 0.4) is 0 Å². The summed E-state index contributed by atoms with van der Waals surface area (Å²) in [5, 5.41) is 3.59. The number of hydrogen-bond acceptors (Lipinski definition) is 6. The summed E-state index contributed by atoms with van der Waals surface area (Å²) in [6.07, 6.45) is 1.60. The second kappa shape index (κ2) is 4.01. The van der Waals surface area contributed by atoms with Crippen molar-refractivity contribution in [3.05, 3.63) is 39.1 Å². The highest BCUT2D eigenvalue weighted by molar-refractivity contribution is 5.26. The fraction of sp³-hybridized carbons (Fsp3) is 0.250. The van der Waals surface area contributed by atoms with Crippen LogP contribution >= 0.6 is 0 Å². The van der Waals surface area contributed by atoms with Gasteiger partial charge < -0.3 is 10.3 Å². The van der Waals surface area contributed by atoms with Gasteiger partial charge in [-0.05, 0) is 0 Å². The number of nitrogen functional groups attached to an aromatic ring is 1. The molecule has 0 saturated carbocycles. The number of aromatic amines is 1. The van der Waals surface area contributed by atoms with Crippen LogP contribution in [0.5, 0.6) is 0 Å². The number of hydrogen-bond donors (Lipinski definition) is 2. The molecular weight excluding hydrogens is 214 g/mol. The summed E-state index contributed by atoms with van der Waals surface area (Å²) >= 11 is 0. The molecule has 16 heavy (non-hydrogen) atoms. The molecule has 3 N–H and O–H groups in total. The Bertz CT molecular complexity index is 582. The third-order valence-corrected chi connectivity index (χ3v) is 2.03. The fourth-order valence-electron chi connectivity index (χ4n) is 1.28. The maximum Gasteiger partial charge on any atom is 0.329 e. The molecule has 2 aromatic rings. The first-order valence-corrected chi connectivity index (χ1v) is 4.51. The summed E-state index contributed by atoms with van der Waals surface area (Å²) in [5.41, 5.74) is 4.48. The van der Waals surface area contributed by atoms with Crippen molar-refractivity contribution in [2.75, 3.05) is 5.73 Å². The number of aromatic nitrogens is 4. The van der Waals surface area contributed by atoms with Gasteiger partial charge >= 0.3 is 5.69 Å². The lowest BCUT2D eigenvalue weighted by molar-refractivity contribution is 0.408. The summed E-state index contributed by atoms with van der Waals surface area (Å²) < 4.78 is 5.78. The van der Waals surface area contributed by atoms with E-state index in [1.807, 2.05) is 0 Å².